The average Bonchev–Trinajstić information content (AvgIpc) is 2.12. The predicted molar refractivity (Wildman–Crippen MR) is 75.7 cm³/mol. The molecule has 0 atom stereocenters. The summed E-state index contributed by atoms with van der Waals surface area (Å²) in [5, 5.41) is 0. The molecule has 0 aromatic rings. The maximum Gasteiger partial charge on any atom is -0.0285 e. The summed E-state index contributed by atoms with van der Waals surface area (Å²) in [5.41, 5.74) is 3.09. The fourth-order valence-electron chi connectivity index (χ4n) is 1.76. The van der Waals surface area contributed by atoms with E-state index in [1.807, 2.05) is 0 Å². The van der Waals surface area contributed by atoms with Gasteiger partial charge in [-0.1, -0.05) is 51.0 Å². The fraction of sp³-hybridized carbons (Fsp3) is 0.750. The van der Waals surface area contributed by atoms with Crippen molar-refractivity contribution in [2.75, 3.05) is 0 Å². The molecule has 0 amide bonds. The minimum absolute atomic E-state index is 0.783. The Bertz CT molecular complexity index is 224. The number of hydrogen-bond donors (Lipinski definition) is 0. The molecule has 0 saturated carbocycles. The van der Waals surface area contributed by atoms with Crippen LogP contribution in [0.25, 0.3) is 0 Å². The smallest absolute Gasteiger partial charge is 0.0285 e. The summed E-state index contributed by atoms with van der Waals surface area (Å²) in [4.78, 5) is 0. The molecule has 94 valence electrons. The van der Waals surface area contributed by atoms with Gasteiger partial charge in [-0.2, -0.15) is 0 Å². The first-order valence-electron chi connectivity index (χ1n) is 6.73. The summed E-state index contributed by atoms with van der Waals surface area (Å²) in [7, 11) is 0. The second kappa shape index (κ2) is 8.61. The van der Waals surface area contributed by atoms with Crippen LogP contribution >= 0.6 is 0 Å². The van der Waals surface area contributed by atoms with E-state index in [1.54, 1.807) is 5.57 Å². The van der Waals surface area contributed by atoms with E-state index < -0.39 is 0 Å². The molecule has 0 aromatic heterocycles. The van der Waals surface area contributed by atoms with Crippen molar-refractivity contribution in [3.05, 3.63) is 23.3 Å². The molecule has 16 heavy (non-hydrogen) atoms. The zero-order valence-corrected chi connectivity index (χ0v) is 12.1. The van der Waals surface area contributed by atoms with Crippen LogP contribution in [0.1, 0.15) is 67.2 Å². The van der Waals surface area contributed by atoms with Crippen LogP contribution in [-0.4, -0.2) is 0 Å². The lowest BCUT2D eigenvalue weighted by molar-refractivity contribution is 0.610. The summed E-state index contributed by atoms with van der Waals surface area (Å²) in [6.07, 6.45) is 9.78. The highest BCUT2D eigenvalue weighted by Crippen LogP contribution is 2.19. The molecule has 0 aliphatic heterocycles. The Morgan fingerprint density at radius 3 is 2.00 bits per heavy atom. The monoisotopic (exact) mass is 222 g/mol. The van der Waals surface area contributed by atoms with E-state index in [0.717, 1.165) is 11.8 Å². The van der Waals surface area contributed by atoms with Crippen molar-refractivity contribution >= 4 is 0 Å². The van der Waals surface area contributed by atoms with Gasteiger partial charge in [0.2, 0.25) is 0 Å². The molecule has 0 N–H and O–H groups in total. The lowest BCUT2D eigenvalue weighted by atomic mass is 9.96. The summed E-state index contributed by atoms with van der Waals surface area (Å²) in [6.45, 7) is 13.6. The first-order valence-corrected chi connectivity index (χ1v) is 6.73. The molecule has 0 saturated heterocycles. The molecule has 0 aliphatic carbocycles. The van der Waals surface area contributed by atoms with Gasteiger partial charge in [0.1, 0.15) is 0 Å². The van der Waals surface area contributed by atoms with Gasteiger partial charge in [-0.05, 0) is 51.4 Å². The lowest BCUT2D eigenvalue weighted by Crippen LogP contribution is -1.94. The van der Waals surface area contributed by atoms with E-state index in [9.17, 15) is 0 Å². The van der Waals surface area contributed by atoms with Gasteiger partial charge in [-0.3, -0.25) is 0 Å². The van der Waals surface area contributed by atoms with E-state index in [2.05, 4.69) is 53.7 Å². The standard InChI is InChI=1S/C16H30/c1-13(2)8-7-9-16(12-15(5)6)11-10-14(3)4/h8,11,14-15H,7,9-10,12H2,1-6H3/b16-11-. The van der Waals surface area contributed by atoms with Crippen molar-refractivity contribution in [1.29, 1.82) is 0 Å². The highest BCUT2D eigenvalue weighted by Gasteiger charge is 2.01. The molecule has 0 radical (unpaired) electrons. The van der Waals surface area contributed by atoms with Crippen LogP contribution < -0.4 is 0 Å². The zero-order chi connectivity index (χ0) is 12.6. The van der Waals surface area contributed by atoms with Gasteiger partial charge in [-0.25, -0.2) is 0 Å². The highest BCUT2D eigenvalue weighted by atomic mass is 14.1. The quantitative estimate of drug-likeness (QED) is 0.481. The van der Waals surface area contributed by atoms with Crippen molar-refractivity contribution in [3.63, 3.8) is 0 Å². The SMILES string of the molecule is CC(C)=CCC/C(=C/CC(C)C)CC(C)C. The van der Waals surface area contributed by atoms with Crippen molar-refractivity contribution in [2.45, 2.75) is 67.2 Å². The molecule has 0 spiro atoms. The summed E-state index contributed by atoms with van der Waals surface area (Å²) >= 11 is 0. The Labute approximate surface area is 103 Å². The predicted octanol–water partition coefficient (Wildman–Crippen LogP) is 5.75. The minimum Gasteiger partial charge on any atom is -0.0856 e. The molecule has 0 fully saturated rings. The molecule has 0 bridgehead atoms. The first-order chi connectivity index (χ1) is 7.41. The third-order valence-electron chi connectivity index (χ3n) is 2.57. The molecule has 0 aromatic carbocycles. The Morgan fingerprint density at radius 1 is 0.938 bits per heavy atom. The number of hydrogen-bond acceptors (Lipinski definition) is 0. The topological polar surface area (TPSA) is 0 Å². The van der Waals surface area contributed by atoms with Crippen molar-refractivity contribution < 1.29 is 0 Å². The molecule has 0 aliphatic rings. The van der Waals surface area contributed by atoms with Gasteiger partial charge in [0.15, 0.2) is 0 Å². The highest BCUT2D eigenvalue weighted by molar-refractivity contribution is 5.05. The van der Waals surface area contributed by atoms with Crippen molar-refractivity contribution in [3.8, 4) is 0 Å². The normalized spacial score (nSPS) is 12.4. The number of rotatable bonds is 7. The minimum atomic E-state index is 0.783. The second-order valence-electron chi connectivity index (χ2n) is 5.91. The Kier molecular flexibility index (Phi) is 8.33. The zero-order valence-electron chi connectivity index (χ0n) is 12.1. The van der Waals surface area contributed by atoms with Crippen LogP contribution in [0.2, 0.25) is 0 Å². The lowest BCUT2D eigenvalue weighted by Gasteiger charge is -2.10. The average molecular weight is 222 g/mol. The van der Waals surface area contributed by atoms with Crippen LogP contribution in [-0.2, 0) is 0 Å². The molecular formula is C16H30. The molecular weight excluding hydrogens is 192 g/mol. The van der Waals surface area contributed by atoms with Gasteiger partial charge in [-0.15, -0.1) is 0 Å². The molecule has 0 heteroatoms. The number of allylic oxidation sites excluding steroid dienone is 4. The maximum absolute atomic E-state index is 2.48. The van der Waals surface area contributed by atoms with Crippen LogP contribution in [0.3, 0.4) is 0 Å². The Balaban J connectivity index is 4.20. The van der Waals surface area contributed by atoms with Gasteiger partial charge < -0.3 is 0 Å². The second-order valence-corrected chi connectivity index (χ2v) is 5.91. The van der Waals surface area contributed by atoms with Crippen LogP contribution in [0.15, 0.2) is 23.3 Å². The van der Waals surface area contributed by atoms with Crippen LogP contribution in [0.5, 0.6) is 0 Å². The van der Waals surface area contributed by atoms with E-state index in [1.165, 1.54) is 31.3 Å². The van der Waals surface area contributed by atoms with E-state index in [0.29, 0.717) is 0 Å². The third-order valence-corrected chi connectivity index (χ3v) is 2.57. The summed E-state index contributed by atoms with van der Waals surface area (Å²) < 4.78 is 0. The van der Waals surface area contributed by atoms with Crippen molar-refractivity contribution in [1.82, 2.24) is 0 Å². The molecule has 0 heterocycles. The van der Waals surface area contributed by atoms with Crippen LogP contribution in [0.4, 0.5) is 0 Å². The maximum atomic E-state index is 2.48. The Hall–Kier alpha value is -0.520. The molecule has 0 rings (SSSR count). The van der Waals surface area contributed by atoms with Gasteiger partial charge >= 0.3 is 0 Å². The molecule has 0 unspecified atom stereocenters. The molecule has 0 nitrogen and oxygen atoms in total. The third kappa shape index (κ3) is 10.0. The van der Waals surface area contributed by atoms with E-state index in [4.69, 9.17) is 0 Å². The summed E-state index contributed by atoms with van der Waals surface area (Å²) in [5.74, 6) is 1.57. The summed E-state index contributed by atoms with van der Waals surface area (Å²) in [6, 6.07) is 0. The largest absolute Gasteiger partial charge is 0.0856 e. The van der Waals surface area contributed by atoms with Gasteiger partial charge in [0, 0.05) is 0 Å². The van der Waals surface area contributed by atoms with Crippen molar-refractivity contribution in [2.24, 2.45) is 11.8 Å². The van der Waals surface area contributed by atoms with E-state index in [-0.39, 0.29) is 0 Å². The fourth-order valence-corrected chi connectivity index (χ4v) is 1.76. The van der Waals surface area contributed by atoms with E-state index >= 15 is 0 Å². The van der Waals surface area contributed by atoms with Crippen LogP contribution in [0, 0.1) is 11.8 Å². The first kappa shape index (κ1) is 15.5. The van der Waals surface area contributed by atoms with Gasteiger partial charge in [0.05, 0.1) is 0 Å². The van der Waals surface area contributed by atoms with Gasteiger partial charge in [0.25, 0.3) is 0 Å². The Morgan fingerprint density at radius 2 is 1.56 bits per heavy atom.